The maximum absolute atomic E-state index is 11.4. The summed E-state index contributed by atoms with van der Waals surface area (Å²) in [6, 6.07) is 5.06. The molecule has 0 bridgehead atoms. The fourth-order valence-corrected chi connectivity index (χ4v) is 2.82. The van der Waals surface area contributed by atoms with Gasteiger partial charge in [0.05, 0.1) is 24.1 Å². The van der Waals surface area contributed by atoms with E-state index < -0.39 is 28.3 Å². The van der Waals surface area contributed by atoms with Gasteiger partial charge in [0.15, 0.2) is 0 Å². The second kappa shape index (κ2) is 6.00. The molecular formula is C15H24BNO5S. The predicted molar refractivity (Wildman–Crippen MR) is 91.8 cm³/mol. The Morgan fingerprint density at radius 3 is 2.22 bits per heavy atom. The summed E-state index contributed by atoms with van der Waals surface area (Å²) in [7, 11) is -3.98. The molecule has 8 heteroatoms. The van der Waals surface area contributed by atoms with Crippen LogP contribution in [0, 0.1) is 0 Å². The van der Waals surface area contributed by atoms with E-state index in [9.17, 15) is 8.42 Å². The summed E-state index contributed by atoms with van der Waals surface area (Å²) in [5.74, 6) is 0.616. The minimum Gasteiger partial charge on any atom is -0.494 e. The molecule has 0 saturated carbocycles. The monoisotopic (exact) mass is 341 g/mol. The van der Waals surface area contributed by atoms with E-state index in [4.69, 9.17) is 14.0 Å². The van der Waals surface area contributed by atoms with Gasteiger partial charge in [-0.25, -0.2) is 8.42 Å². The lowest BCUT2D eigenvalue weighted by Gasteiger charge is -2.32. The molecule has 23 heavy (non-hydrogen) atoms. The molecule has 0 aliphatic carbocycles. The molecule has 1 fully saturated rings. The van der Waals surface area contributed by atoms with Gasteiger partial charge in [-0.3, -0.25) is 4.72 Å². The van der Waals surface area contributed by atoms with Gasteiger partial charge < -0.3 is 14.0 Å². The third-order valence-corrected chi connectivity index (χ3v) is 4.73. The molecule has 1 heterocycles. The molecule has 0 unspecified atom stereocenters. The molecule has 0 atom stereocenters. The fourth-order valence-electron chi connectivity index (χ4n) is 2.27. The van der Waals surface area contributed by atoms with Crippen molar-refractivity contribution in [2.24, 2.45) is 0 Å². The molecule has 0 spiro atoms. The van der Waals surface area contributed by atoms with E-state index >= 15 is 0 Å². The molecule has 1 saturated heterocycles. The van der Waals surface area contributed by atoms with Crippen molar-refractivity contribution in [3.05, 3.63) is 18.2 Å². The van der Waals surface area contributed by atoms with Crippen LogP contribution in [0.15, 0.2) is 18.2 Å². The van der Waals surface area contributed by atoms with E-state index in [-0.39, 0.29) is 0 Å². The van der Waals surface area contributed by atoms with Crippen LogP contribution in [0.5, 0.6) is 5.75 Å². The first-order chi connectivity index (χ1) is 10.5. The molecule has 1 aliphatic heterocycles. The van der Waals surface area contributed by atoms with Crippen LogP contribution < -0.4 is 14.9 Å². The maximum atomic E-state index is 11.4. The third kappa shape index (κ3) is 3.99. The SMILES string of the molecule is CCOc1ccc(NS(C)(=O)=O)cc1B1OC(C)(C)C(C)(C)O1. The van der Waals surface area contributed by atoms with Gasteiger partial charge >= 0.3 is 7.12 Å². The van der Waals surface area contributed by atoms with Crippen LogP contribution >= 0.6 is 0 Å². The average Bonchev–Trinajstić information content (AvgIpc) is 2.58. The van der Waals surface area contributed by atoms with Crippen molar-refractivity contribution in [1.29, 1.82) is 0 Å². The first kappa shape index (κ1) is 18.1. The average molecular weight is 341 g/mol. The minimum absolute atomic E-state index is 0.445. The second-order valence-corrected chi connectivity index (χ2v) is 8.40. The van der Waals surface area contributed by atoms with Gasteiger partial charge in [-0.2, -0.15) is 0 Å². The molecular weight excluding hydrogens is 317 g/mol. The summed E-state index contributed by atoms with van der Waals surface area (Å²) in [6.07, 6.45) is 1.11. The number of nitrogens with one attached hydrogen (secondary N) is 1. The van der Waals surface area contributed by atoms with Crippen LogP contribution in [0.2, 0.25) is 0 Å². The number of rotatable bonds is 5. The molecule has 0 amide bonds. The molecule has 2 rings (SSSR count). The highest BCUT2D eigenvalue weighted by atomic mass is 32.2. The molecule has 6 nitrogen and oxygen atoms in total. The lowest BCUT2D eigenvalue weighted by atomic mass is 9.78. The number of ether oxygens (including phenoxy) is 1. The summed E-state index contributed by atoms with van der Waals surface area (Å²) < 4.78 is 43.1. The highest BCUT2D eigenvalue weighted by Gasteiger charge is 2.52. The summed E-state index contributed by atoms with van der Waals surface area (Å²) in [5, 5.41) is 0. The molecule has 1 aromatic carbocycles. The van der Waals surface area contributed by atoms with Gasteiger partial charge in [-0.05, 0) is 52.8 Å². The third-order valence-electron chi connectivity index (χ3n) is 4.12. The lowest BCUT2D eigenvalue weighted by Crippen LogP contribution is -2.41. The molecule has 0 radical (unpaired) electrons. The number of sulfonamides is 1. The Morgan fingerprint density at radius 1 is 1.17 bits per heavy atom. The van der Waals surface area contributed by atoms with Crippen LogP contribution in [0.4, 0.5) is 5.69 Å². The van der Waals surface area contributed by atoms with Crippen LogP contribution in [0.25, 0.3) is 0 Å². The smallest absolute Gasteiger partial charge is 0.494 e. The highest BCUT2D eigenvalue weighted by Crippen LogP contribution is 2.37. The van der Waals surface area contributed by atoms with E-state index in [0.717, 1.165) is 6.26 Å². The Labute approximate surface area is 138 Å². The van der Waals surface area contributed by atoms with Crippen molar-refractivity contribution in [3.8, 4) is 5.75 Å². The maximum Gasteiger partial charge on any atom is 0.498 e. The van der Waals surface area contributed by atoms with Gasteiger partial charge in [0.2, 0.25) is 10.0 Å². The Morgan fingerprint density at radius 2 is 1.74 bits per heavy atom. The van der Waals surface area contributed by atoms with Gasteiger partial charge in [-0.15, -0.1) is 0 Å². The second-order valence-electron chi connectivity index (χ2n) is 6.65. The van der Waals surface area contributed by atoms with Crippen LogP contribution in [-0.4, -0.2) is 39.6 Å². The normalized spacial score (nSPS) is 19.7. The van der Waals surface area contributed by atoms with E-state index in [1.165, 1.54) is 0 Å². The van der Waals surface area contributed by atoms with E-state index in [0.29, 0.717) is 23.5 Å². The Bertz CT molecular complexity index is 671. The summed E-state index contributed by atoms with van der Waals surface area (Å²) >= 11 is 0. The van der Waals surface area contributed by atoms with Crippen LogP contribution in [-0.2, 0) is 19.3 Å². The highest BCUT2D eigenvalue weighted by molar-refractivity contribution is 7.92. The van der Waals surface area contributed by atoms with Crippen molar-refractivity contribution in [3.63, 3.8) is 0 Å². The first-order valence-electron chi connectivity index (χ1n) is 7.55. The Kier molecular flexibility index (Phi) is 4.72. The summed E-state index contributed by atoms with van der Waals surface area (Å²) in [4.78, 5) is 0. The van der Waals surface area contributed by atoms with Crippen molar-refractivity contribution in [2.45, 2.75) is 45.8 Å². The fraction of sp³-hybridized carbons (Fsp3) is 0.600. The number of benzene rings is 1. The number of anilines is 1. The van der Waals surface area contributed by atoms with Crippen molar-refractivity contribution in [1.82, 2.24) is 0 Å². The topological polar surface area (TPSA) is 73.9 Å². The van der Waals surface area contributed by atoms with Gasteiger partial charge in [-0.1, -0.05) is 0 Å². The van der Waals surface area contributed by atoms with Gasteiger partial charge in [0, 0.05) is 11.2 Å². The molecule has 128 valence electrons. The predicted octanol–water partition coefficient (Wildman–Crippen LogP) is 1.76. The molecule has 1 N–H and O–H groups in total. The number of hydrogen-bond acceptors (Lipinski definition) is 5. The molecule has 1 aromatic rings. The van der Waals surface area contributed by atoms with Gasteiger partial charge in [0.1, 0.15) is 5.75 Å². The minimum atomic E-state index is -3.36. The van der Waals surface area contributed by atoms with Crippen molar-refractivity contribution < 1.29 is 22.5 Å². The molecule has 0 aromatic heterocycles. The zero-order valence-corrected chi connectivity index (χ0v) is 15.3. The Hall–Kier alpha value is -1.25. The van der Waals surface area contributed by atoms with Crippen molar-refractivity contribution >= 4 is 28.3 Å². The Balaban J connectivity index is 2.41. The largest absolute Gasteiger partial charge is 0.498 e. The van der Waals surface area contributed by atoms with Crippen molar-refractivity contribution in [2.75, 3.05) is 17.6 Å². The zero-order chi connectivity index (χ0) is 17.5. The number of hydrogen-bond donors (Lipinski definition) is 1. The van der Waals surface area contributed by atoms with E-state index in [1.54, 1.807) is 18.2 Å². The van der Waals surface area contributed by atoms with E-state index in [2.05, 4.69) is 4.72 Å². The van der Waals surface area contributed by atoms with Gasteiger partial charge in [0.25, 0.3) is 0 Å². The lowest BCUT2D eigenvalue weighted by molar-refractivity contribution is 0.00578. The summed E-state index contributed by atoms with van der Waals surface area (Å²) in [6.45, 7) is 10.2. The zero-order valence-electron chi connectivity index (χ0n) is 14.5. The molecule has 1 aliphatic rings. The first-order valence-corrected chi connectivity index (χ1v) is 9.44. The standard InChI is InChI=1S/C15H24BNO5S/c1-7-20-13-9-8-11(17-23(6,18)19)10-12(13)16-21-14(2,3)15(4,5)22-16/h8-10,17H,7H2,1-6H3. The quantitative estimate of drug-likeness (QED) is 0.826. The van der Waals surface area contributed by atoms with Crippen LogP contribution in [0.1, 0.15) is 34.6 Å². The van der Waals surface area contributed by atoms with Crippen LogP contribution in [0.3, 0.4) is 0 Å². The summed E-state index contributed by atoms with van der Waals surface area (Å²) in [5.41, 5.74) is 0.142. The van der Waals surface area contributed by atoms with E-state index in [1.807, 2.05) is 34.6 Å².